The molecular formula is C14H19NO2. The van der Waals surface area contributed by atoms with Gasteiger partial charge in [-0.1, -0.05) is 0 Å². The van der Waals surface area contributed by atoms with Gasteiger partial charge in [-0.25, -0.2) is 0 Å². The first-order chi connectivity index (χ1) is 8.24. The third kappa shape index (κ3) is 3.79. The van der Waals surface area contributed by atoms with E-state index in [2.05, 4.69) is 19.2 Å². The lowest BCUT2D eigenvalue weighted by Crippen LogP contribution is -2.37. The van der Waals surface area contributed by atoms with Crippen molar-refractivity contribution in [2.75, 3.05) is 0 Å². The van der Waals surface area contributed by atoms with E-state index in [9.17, 15) is 0 Å². The molecule has 0 aliphatic rings. The maximum absolute atomic E-state index is 5.33. The molecule has 2 atom stereocenters. The van der Waals surface area contributed by atoms with Crippen LogP contribution in [-0.2, 0) is 12.8 Å². The van der Waals surface area contributed by atoms with Crippen molar-refractivity contribution in [3.8, 4) is 0 Å². The van der Waals surface area contributed by atoms with Crippen LogP contribution < -0.4 is 5.32 Å². The van der Waals surface area contributed by atoms with E-state index in [4.69, 9.17) is 8.83 Å². The van der Waals surface area contributed by atoms with Crippen LogP contribution in [0.5, 0.6) is 0 Å². The zero-order valence-electron chi connectivity index (χ0n) is 10.3. The fourth-order valence-electron chi connectivity index (χ4n) is 2.06. The highest BCUT2D eigenvalue weighted by Gasteiger charge is 2.11. The molecule has 92 valence electrons. The first-order valence-corrected chi connectivity index (χ1v) is 6.05. The molecule has 0 saturated carbocycles. The Balaban J connectivity index is 1.76. The number of hydrogen-bond acceptors (Lipinski definition) is 3. The molecule has 3 nitrogen and oxygen atoms in total. The largest absolute Gasteiger partial charge is 0.469 e. The molecule has 0 fully saturated rings. The van der Waals surface area contributed by atoms with Crippen molar-refractivity contribution in [2.45, 2.75) is 38.8 Å². The third-order valence-electron chi connectivity index (χ3n) is 2.74. The molecule has 17 heavy (non-hydrogen) atoms. The number of hydrogen-bond donors (Lipinski definition) is 1. The van der Waals surface area contributed by atoms with Crippen molar-refractivity contribution in [3.05, 3.63) is 48.3 Å². The molecule has 2 heterocycles. The number of rotatable bonds is 6. The van der Waals surface area contributed by atoms with Crippen LogP contribution in [0.3, 0.4) is 0 Å². The maximum atomic E-state index is 5.33. The smallest absolute Gasteiger partial charge is 0.105 e. The van der Waals surface area contributed by atoms with Crippen LogP contribution in [-0.4, -0.2) is 12.1 Å². The average molecular weight is 233 g/mol. The lowest BCUT2D eigenvalue weighted by molar-refractivity contribution is 0.402. The molecule has 0 bridgehead atoms. The first-order valence-electron chi connectivity index (χ1n) is 6.05. The van der Waals surface area contributed by atoms with Crippen LogP contribution >= 0.6 is 0 Å². The Kier molecular flexibility index (Phi) is 4.04. The minimum Gasteiger partial charge on any atom is -0.469 e. The molecule has 0 aromatic carbocycles. The zero-order valence-corrected chi connectivity index (χ0v) is 10.3. The van der Waals surface area contributed by atoms with Crippen molar-refractivity contribution >= 4 is 0 Å². The summed E-state index contributed by atoms with van der Waals surface area (Å²) in [5.74, 6) is 2.05. The van der Waals surface area contributed by atoms with Crippen LogP contribution in [0.4, 0.5) is 0 Å². The Morgan fingerprint density at radius 3 is 1.76 bits per heavy atom. The molecule has 2 aromatic rings. The fourth-order valence-corrected chi connectivity index (χ4v) is 2.06. The van der Waals surface area contributed by atoms with Gasteiger partial charge in [0.2, 0.25) is 0 Å². The van der Waals surface area contributed by atoms with Gasteiger partial charge >= 0.3 is 0 Å². The van der Waals surface area contributed by atoms with Gasteiger partial charge in [0.15, 0.2) is 0 Å². The molecule has 0 saturated heterocycles. The molecule has 2 rings (SSSR count). The molecule has 2 unspecified atom stereocenters. The molecule has 0 aliphatic carbocycles. The van der Waals surface area contributed by atoms with Crippen molar-refractivity contribution in [2.24, 2.45) is 0 Å². The fraction of sp³-hybridized carbons (Fsp3) is 0.429. The van der Waals surface area contributed by atoms with E-state index >= 15 is 0 Å². The summed E-state index contributed by atoms with van der Waals surface area (Å²) >= 11 is 0. The highest BCUT2D eigenvalue weighted by molar-refractivity contribution is 5.02. The molecule has 0 amide bonds. The third-order valence-corrected chi connectivity index (χ3v) is 2.74. The summed E-state index contributed by atoms with van der Waals surface area (Å²) in [6, 6.07) is 8.66. The molecular weight excluding hydrogens is 214 g/mol. The monoisotopic (exact) mass is 233 g/mol. The summed E-state index contributed by atoms with van der Waals surface area (Å²) in [5, 5.41) is 3.54. The van der Waals surface area contributed by atoms with Gasteiger partial charge in [-0.05, 0) is 38.1 Å². The van der Waals surface area contributed by atoms with E-state index in [-0.39, 0.29) is 0 Å². The van der Waals surface area contributed by atoms with E-state index in [1.54, 1.807) is 12.5 Å². The van der Waals surface area contributed by atoms with E-state index in [1.165, 1.54) is 0 Å². The van der Waals surface area contributed by atoms with Crippen molar-refractivity contribution in [1.29, 1.82) is 0 Å². The first kappa shape index (κ1) is 12.0. The summed E-state index contributed by atoms with van der Waals surface area (Å²) in [6.45, 7) is 4.34. The summed E-state index contributed by atoms with van der Waals surface area (Å²) in [4.78, 5) is 0. The Labute approximate surface area is 102 Å². The van der Waals surface area contributed by atoms with Gasteiger partial charge in [0.1, 0.15) is 11.5 Å². The lowest BCUT2D eigenvalue weighted by Gasteiger charge is -2.18. The normalized spacial score (nSPS) is 14.7. The summed E-state index contributed by atoms with van der Waals surface area (Å²) in [6.07, 6.45) is 5.26. The Hall–Kier alpha value is -1.48. The molecule has 0 radical (unpaired) electrons. The van der Waals surface area contributed by atoms with Crippen molar-refractivity contribution in [1.82, 2.24) is 5.32 Å². The maximum Gasteiger partial charge on any atom is 0.105 e. The quantitative estimate of drug-likeness (QED) is 0.833. The van der Waals surface area contributed by atoms with Gasteiger partial charge < -0.3 is 14.2 Å². The molecule has 2 aromatic heterocycles. The second-order valence-corrected chi connectivity index (χ2v) is 4.54. The summed E-state index contributed by atoms with van der Waals surface area (Å²) in [5.41, 5.74) is 0. The average Bonchev–Trinajstić information content (AvgIpc) is 2.90. The molecule has 0 aliphatic heterocycles. The predicted octanol–water partition coefficient (Wildman–Crippen LogP) is 3.02. The minimum atomic E-state index is 0.395. The second-order valence-electron chi connectivity index (χ2n) is 4.54. The van der Waals surface area contributed by atoms with Gasteiger partial charge in [0.05, 0.1) is 12.5 Å². The van der Waals surface area contributed by atoms with Crippen LogP contribution in [0.15, 0.2) is 45.6 Å². The Morgan fingerprint density at radius 2 is 1.41 bits per heavy atom. The van der Waals surface area contributed by atoms with Gasteiger partial charge in [-0.15, -0.1) is 0 Å². The van der Waals surface area contributed by atoms with Crippen molar-refractivity contribution < 1.29 is 8.83 Å². The van der Waals surface area contributed by atoms with E-state index < -0.39 is 0 Å². The van der Waals surface area contributed by atoms with E-state index in [0.717, 1.165) is 24.4 Å². The topological polar surface area (TPSA) is 38.3 Å². The van der Waals surface area contributed by atoms with Crippen LogP contribution in [0, 0.1) is 0 Å². The Morgan fingerprint density at radius 1 is 0.941 bits per heavy atom. The predicted molar refractivity (Wildman–Crippen MR) is 66.9 cm³/mol. The second kappa shape index (κ2) is 5.73. The highest BCUT2D eigenvalue weighted by Crippen LogP contribution is 2.07. The van der Waals surface area contributed by atoms with Crippen LogP contribution in [0.2, 0.25) is 0 Å². The van der Waals surface area contributed by atoms with Gasteiger partial charge in [0, 0.05) is 24.9 Å². The molecule has 0 spiro atoms. The standard InChI is InChI=1S/C14H19NO2/c1-11(9-13-5-3-7-16-13)15-12(2)10-14-6-4-8-17-14/h3-8,11-12,15H,9-10H2,1-2H3. The minimum absolute atomic E-state index is 0.395. The van der Waals surface area contributed by atoms with E-state index in [0.29, 0.717) is 12.1 Å². The lowest BCUT2D eigenvalue weighted by atomic mass is 10.1. The Bertz CT molecular complexity index is 365. The van der Waals surface area contributed by atoms with Gasteiger partial charge in [0.25, 0.3) is 0 Å². The summed E-state index contributed by atoms with van der Waals surface area (Å²) < 4.78 is 10.7. The SMILES string of the molecule is CC(Cc1ccco1)NC(C)Cc1ccco1. The van der Waals surface area contributed by atoms with Crippen LogP contribution in [0.25, 0.3) is 0 Å². The zero-order chi connectivity index (χ0) is 12.1. The van der Waals surface area contributed by atoms with Gasteiger partial charge in [-0.3, -0.25) is 0 Å². The highest BCUT2D eigenvalue weighted by atomic mass is 16.3. The number of furan rings is 2. The summed E-state index contributed by atoms with van der Waals surface area (Å²) in [7, 11) is 0. The van der Waals surface area contributed by atoms with E-state index in [1.807, 2.05) is 24.3 Å². The molecule has 3 heteroatoms. The van der Waals surface area contributed by atoms with Gasteiger partial charge in [-0.2, -0.15) is 0 Å². The molecule has 1 N–H and O–H groups in total. The van der Waals surface area contributed by atoms with Crippen molar-refractivity contribution in [3.63, 3.8) is 0 Å². The van der Waals surface area contributed by atoms with Crippen LogP contribution in [0.1, 0.15) is 25.4 Å². The number of nitrogens with one attached hydrogen (secondary N) is 1.